The first kappa shape index (κ1) is 16.4. The topological polar surface area (TPSA) is 111 Å². The van der Waals surface area contributed by atoms with Crippen LogP contribution < -0.4 is 5.43 Å². The van der Waals surface area contributed by atoms with Gasteiger partial charge in [0.05, 0.1) is 15.6 Å². The van der Waals surface area contributed by atoms with Gasteiger partial charge < -0.3 is 0 Å². The average Bonchev–Trinajstić information content (AvgIpc) is 2.52. The van der Waals surface area contributed by atoms with Gasteiger partial charge in [0, 0.05) is 17.7 Å². The number of rotatable bonds is 5. The van der Waals surface area contributed by atoms with Crippen molar-refractivity contribution in [1.82, 2.24) is 0 Å². The smallest absolute Gasteiger partial charge is 0.271 e. The van der Waals surface area contributed by atoms with Crippen LogP contribution in [0.1, 0.15) is 12.5 Å². The first-order valence-electron chi connectivity index (χ1n) is 6.38. The van der Waals surface area contributed by atoms with Gasteiger partial charge in [-0.2, -0.15) is 5.10 Å². The molecule has 2 aromatic carbocycles. The van der Waals surface area contributed by atoms with Gasteiger partial charge in [0.25, 0.3) is 11.4 Å². The molecule has 0 aliphatic heterocycles. The normalized spacial score (nSPS) is 11.1. The fourth-order valence-electron chi connectivity index (χ4n) is 1.81. The molecule has 0 unspecified atom stereocenters. The van der Waals surface area contributed by atoms with E-state index in [2.05, 4.69) is 10.5 Å². The van der Waals surface area contributed by atoms with Gasteiger partial charge in [0.2, 0.25) is 0 Å². The Balaban J connectivity index is 2.29. The van der Waals surface area contributed by atoms with E-state index in [1.165, 1.54) is 24.3 Å². The average molecular weight is 335 g/mol. The number of nitrogens with zero attached hydrogens (tertiary/aromatic N) is 3. The Morgan fingerprint density at radius 3 is 2.39 bits per heavy atom. The van der Waals surface area contributed by atoms with Gasteiger partial charge in [-0.15, -0.1) is 0 Å². The molecule has 2 rings (SSSR count). The third-order valence-electron chi connectivity index (χ3n) is 3.01. The Bertz CT molecular complexity index is 807. The van der Waals surface area contributed by atoms with Gasteiger partial charge in [0.15, 0.2) is 0 Å². The van der Waals surface area contributed by atoms with Crippen LogP contribution in [-0.4, -0.2) is 15.6 Å². The van der Waals surface area contributed by atoms with Crippen LogP contribution in [0.3, 0.4) is 0 Å². The van der Waals surface area contributed by atoms with E-state index in [1.54, 1.807) is 25.1 Å². The summed E-state index contributed by atoms with van der Waals surface area (Å²) in [7, 11) is 0. The maximum absolute atomic E-state index is 10.9. The minimum absolute atomic E-state index is 0.0261. The molecular weight excluding hydrogens is 324 g/mol. The van der Waals surface area contributed by atoms with E-state index in [0.717, 1.165) is 0 Å². The van der Waals surface area contributed by atoms with Gasteiger partial charge in [-0.25, -0.2) is 0 Å². The molecule has 8 nitrogen and oxygen atoms in total. The van der Waals surface area contributed by atoms with Crippen LogP contribution in [0, 0.1) is 20.2 Å². The second-order valence-corrected chi connectivity index (χ2v) is 4.91. The fourth-order valence-corrected chi connectivity index (χ4v) is 2.00. The summed E-state index contributed by atoms with van der Waals surface area (Å²) in [5.74, 6) is 0. The molecule has 0 heterocycles. The summed E-state index contributed by atoms with van der Waals surface area (Å²) < 4.78 is 0. The molecule has 2 aromatic rings. The number of hydrogen-bond acceptors (Lipinski definition) is 6. The van der Waals surface area contributed by atoms with Crippen molar-refractivity contribution in [2.75, 3.05) is 5.43 Å². The molecule has 1 N–H and O–H groups in total. The largest absolute Gasteiger partial charge is 0.294 e. The monoisotopic (exact) mass is 334 g/mol. The highest BCUT2D eigenvalue weighted by molar-refractivity contribution is 6.32. The summed E-state index contributed by atoms with van der Waals surface area (Å²) in [6.07, 6.45) is 0. The van der Waals surface area contributed by atoms with Crippen LogP contribution in [0.2, 0.25) is 5.02 Å². The molecule has 0 aliphatic rings. The third kappa shape index (κ3) is 3.80. The summed E-state index contributed by atoms with van der Waals surface area (Å²) in [6.45, 7) is 1.62. The highest BCUT2D eigenvalue weighted by atomic mass is 35.5. The minimum atomic E-state index is -0.589. The van der Waals surface area contributed by atoms with Crippen LogP contribution in [0.25, 0.3) is 0 Å². The Morgan fingerprint density at radius 1 is 1.09 bits per heavy atom. The van der Waals surface area contributed by atoms with Crippen LogP contribution in [-0.2, 0) is 0 Å². The van der Waals surface area contributed by atoms with Crippen molar-refractivity contribution in [3.63, 3.8) is 0 Å². The summed E-state index contributed by atoms with van der Waals surface area (Å²) in [4.78, 5) is 20.7. The zero-order valence-corrected chi connectivity index (χ0v) is 12.6. The van der Waals surface area contributed by atoms with E-state index in [-0.39, 0.29) is 22.1 Å². The van der Waals surface area contributed by atoms with Crippen molar-refractivity contribution in [2.24, 2.45) is 5.10 Å². The molecule has 0 fully saturated rings. The maximum Gasteiger partial charge on any atom is 0.294 e. The van der Waals surface area contributed by atoms with Crippen molar-refractivity contribution in [1.29, 1.82) is 0 Å². The van der Waals surface area contributed by atoms with Crippen LogP contribution in [0.15, 0.2) is 47.6 Å². The van der Waals surface area contributed by atoms with E-state index < -0.39 is 9.85 Å². The molecule has 0 aliphatic carbocycles. The second kappa shape index (κ2) is 6.84. The lowest BCUT2D eigenvalue weighted by atomic mass is 10.1. The first-order chi connectivity index (χ1) is 10.9. The molecule has 0 radical (unpaired) electrons. The standard InChI is InChI=1S/C14H11ClN4O4/c1-9(10-6-7-11(15)14(8-10)19(22)23)16-17-12-4-2-3-5-13(12)18(20)21/h2-8,17H,1H3/b16-9+. The van der Waals surface area contributed by atoms with Crippen molar-refractivity contribution in [3.05, 3.63) is 73.3 Å². The molecule has 23 heavy (non-hydrogen) atoms. The Kier molecular flexibility index (Phi) is 4.87. The number of nitro benzene ring substituents is 2. The SMILES string of the molecule is C/C(=N\Nc1ccccc1[N+](=O)[O-])c1ccc(Cl)c([N+](=O)[O-])c1. The summed E-state index contributed by atoms with van der Waals surface area (Å²) in [5, 5.41) is 25.9. The van der Waals surface area contributed by atoms with Gasteiger partial charge in [-0.1, -0.05) is 29.8 Å². The quantitative estimate of drug-likeness (QED) is 0.504. The van der Waals surface area contributed by atoms with Crippen LogP contribution in [0.5, 0.6) is 0 Å². The number of halogens is 1. The minimum Gasteiger partial charge on any atom is -0.271 e. The van der Waals surface area contributed by atoms with E-state index in [4.69, 9.17) is 11.6 Å². The zero-order chi connectivity index (χ0) is 17.0. The molecule has 0 amide bonds. The van der Waals surface area contributed by atoms with Crippen molar-refractivity contribution in [2.45, 2.75) is 6.92 Å². The van der Waals surface area contributed by atoms with E-state index in [0.29, 0.717) is 11.3 Å². The second-order valence-electron chi connectivity index (χ2n) is 4.51. The number of hydrogen-bond donors (Lipinski definition) is 1. The highest BCUT2D eigenvalue weighted by Gasteiger charge is 2.15. The van der Waals surface area contributed by atoms with E-state index in [9.17, 15) is 20.2 Å². The third-order valence-corrected chi connectivity index (χ3v) is 3.33. The molecule has 9 heteroatoms. The number of benzene rings is 2. The lowest BCUT2D eigenvalue weighted by Gasteiger charge is -2.05. The fraction of sp³-hybridized carbons (Fsp3) is 0.0714. The van der Waals surface area contributed by atoms with Crippen molar-refractivity contribution >= 4 is 34.4 Å². The lowest BCUT2D eigenvalue weighted by Crippen LogP contribution is -2.02. The molecule has 0 saturated carbocycles. The summed E-state index contributed by atoms with van der Waals surface area (Å²) >= 11 is 5.75. The molecule has 118 valence electrons. The van der Waals surface area contributed by atoms with Gasteiger partial charge in [-0.3, -0.25) is 25.7 Å². The van der Waals surface area contributed by atoms with Crippen LogP contribution in [0.4, 0.5) is 17.1 Å². The van der Waals surface area contributed by atoms with E-state index in [1.807, 2.05) is 0 Å². The number of nitro groups is 2. The van der Waals surface area contributed by atoms with Crippen molar-refractivity contribution in [3.8, 4) is 0 Å². The molecular formula is C14H11ClN4O4. The molecule has 0 saturated heterocycles. The van der Waals surface area contributed by atoms with Gasteiger partial charge in [0.1, 0.15) is 10.7 Å². The molecule has 0 aromatic heterocycles. The predicted octanol–water partition coefficient (Wildman–Crippen LogP) is 3.99. The Labute approximate surface area is 135 Å². The highest BCUT2D eigenvalue weighted by Crippen LogP contribution is 2.26. The Hall–Kier alpha value is -3.00. The lowest BCUT2D eigenvalue weighted by molar-refractivity contribution is -0.384. The van der Waals surface area contributed by atoms with Gasteiger partial charge >= 0.3 is 0 Å². The van der Waals surface area contributed by atoms with Gasteiger partial charge in [-0.05, 0) is 19.1 Å². The molecule has 0 atom stereocenters. The molecule has 0 bridgehead atoms. The predicted molar refractivity (Wildman–Crippen MR) is 87.0 cm³/mol. The summed E-state index contributed by atoms with van der Waals surface area (Å²) in [6, 6.07) is 10.3. The van der Waals surface area contributed by atoms with Crippen molar-refractivity contribution < 1.29 is 9.85 Å². The first-order valence-corrected chi connectivity index (χ1v) is 6.76. The number of nitrogens with one attached hydrogen (secondary N) is 1. The van der Waals surface area contributed by atoms with E-state index >= 15 is 0 Å². The number of hydrazone groups is 1. The number of anilines is 1. The Morgan fingerprint density at radius 2 is 1.74 bits per heavy atom. The maximum atomic E-state index is 10.9. The van der Waals surface area contributed by atoms with Crippen LogP contribution >= 0.6 is 11.6 Å². The summed E-state index contributed by atoms with van der Waals surface area (Å²) in [5.41, 5.74) is 3.37. The molecule has 0 spiro atoms. The zero-order valence-electron chi connectivity index (χ0n) is 11.9. The number of para-hydroxylation sites is 2.